The standard InChI is InChI=1S/C15H28N2O3.ClH/c1-10(2)20-12-6-4-11(5-7-12)17-15(18)14-8-13(19-3)9-16-14;/h10-14,16H,4-9H2,1-3H3,(H,17,18);1H/t11?,12?,13-,14+;/m0./s1. The van der Waals surface area contributed by atoms with Crippen LogP contribution < -0.4 is 10.6 Å². The second kappa shape index (κ2) is 8.93. The number of hydrogen-bond acceptors (Lipinski definition) is 4. The Bertz CT molecular complexity index is 320. The summed E-state index contributed by atoms with van der Waals surface area (Å²) in [4.78, 5) is 12.2. The Hall–Kier alpha value is -0.360. The van der Waals surface area contributed by atoms with Crippen LogP contribution in [-0.4, -0.2) is 50.0 Å². The maximum atomic E-state index is 12.2. The van der Waals surface area contributed by atoms with Gasteiger partial charge in [0, 0.05) is 19.7 Å². The summed E-state index contributed by atoms with van der Waals surface area (Å²) in [5, 5.41) is 6.39. The zero-order valence-corrected chi connectivity index (χ0v) is 14.1. The van der Waals surface area contributed by atoms with Crippen molar-refractivity contribution in [1.82, 2.24) is 10.6 Å². The minimum atomic E-state index is -0.0930. The van der Waals surface area contributed by atoms with Gasteiger partial charge in [0.2, 0.25) is 5.91 Å². The highest BCUT2D eigenvalue weighted by molar-refractivity contribution is 5.85. The van der Waals surface area contributed by atoms with Crippen molar-refractivity contribution in [2.45, 2.75) is 76.3 Å². The van der Waals surface area contributed by atoms with E-state index in [1.54, 1.807) is 7.11 Å². The van der Waals surface area contributed by atoms with E-state index in [2.05, 4.69) is 24.5 Å². The molecule has 2 rings (SSSR count). The van der Waals surface area contributed by atoms with E-state index in [-0.39, 0.29) is 30.5 Å². The van der Waals surface area contributed by atoms with Gasteiger partial charge in [-0.3, -0.25) is 4.79 Å². The second-order valence-corrected chi connectivity index (χ2v) is 6.22. The van der Waals surface area contributed by atoms with E-state index in [9.17, 15) is 4.79 Å². The predicted molar refractivity (Wildman–Crippen MR) is 84.9 cm³/mol. The van der Waals surface area contributed by atoms with Gasteiger partial charge in [-0.05, 0) is 46.0 Å². The minimum Gasteiger partial charge on any atom is -0.380 e. The van der Waals surface area contributed by atoms with Crippen LogP contribution in [0, 0.1) is 0 Å². The highest BCUT2D eigenvalue weighted by atomic mass is 35.5. The van der Waals surface area contributed by atoms with Crippen molar-refractivity contribution in [3.05, 3.63) is 0 Å². The first-order valence-electron chi connectivity index (χ1n) is 7.80. The highest BCUT2D eigenvalue weighted by Crippen LogP contribution is 2.22. The molecule has 0 aromatic heterocycles. The lowest BCUT2D eigenvalue weighted by atomic mass is 9.92. The van der Waals surface area contributed by atoms with Crippen molar-refractivity contribution in [3.8, 4) is 0 Å². The topological polar surface area (TPSA) is 59.6 Å². The molecule has 2 fully saturated rings. The van der Waals surface area contributed by atoms with Crippen molar-refractivity contribution in [2.75, 3.05) is 13.7 Å². The van der Waals surface area contributed by atoms with Crippen LogP contribution in [-0.2, 0) is 14.3 Å². The average Bonchev–Trinajstić information content (AvgIpc) is 2.89. The van der Waals surface area contributed by atoms with Crippen LogP contribution in [0.2, 0.25) is 0 Å². The van der Waals surface area contributed by atoms with Gasteiger partial charge in [0.05, 0.1) is 24.4 Å². The molecule has 0 aromatic carbocycles. The number of halogens is 1. The molecule has 6 heteroatoms. The molecule has 2 atom stereocenters. The quantitative estimate of drug-likeness (QED) is 0.808. The van der Waals surface area contributed by atoms with Gasteiger partial charge in [-0.15, -0.1) is 12.4 Å². The number of hydrogen-bond donors (Lipinski definition) is 2. The van der Waals surface area contributed by atoms with Crippen LogP contribution in [0.4, 0.5) is 0 Å². The van der Waals surface area contributed by atoms with Gasteiger partial charge in [0.1, 0.15) is 0 Å². The fraction of sp³-hybridized carbons (Fsp3) is 0.933. The summed E-state index contributed by atoms with van der Waals surface area (Å²) in [6.07, 6.45) is 5.72. The zero-order valence-electron chi connectivity index (χ0n) is 13.3. The second-order valence-electron chi connectivity index (χ2n) is 6.22. The molecule has 1 aliphatic heterocycles. The zero-order chi connectivity index (χ0) is 14.5. The first-order valence-corrected chi connectivity index (χ1v) is 7.80. The van der Waals surface area contributed by atoms with Gasteiger partial charge in [0.25, 0.3) is 0 Å². The van der Waals surface area contributed by atoms with E-state index in [0.717, 1.165) is 38.6 Å². The summed E-state index contributed by atoms with van der Waals surface area (Å²) >= 11 is 0. The normalized spacial score (nSPS) is 32.8. The van der Waals surface area contributed by atoms with Crippen LogP contribution in [0.1, 0.15) is 46.0 Å². The third-order valence-corrected chi connectivity index (χ3v) is 4.23. The molecule has 1 heterocycles. The number of amides is 1. The van der Waals surface area contributed by atoms with Crippen molar-refractivity contribution in [1.29, 1.82) is 0 Å². The van der Waals surface area contributed by atoms with Gasteiger partial charge < -0.3 is 20.1 Å². The Morgan fingerprint density at radius 3 is 2.38 bits per heavy atom. The van der Waals surface area contributed by atoms with Gasteiger partial charge >= 0.3 is 0 Å². The molecule has 21 heavy (non-hydrogen) atoms. The van der Waals surface area contributed by atoms with Crippen molar-refractivity contribution < 1.29 is 14.3 Å². The maximum Gasteiger partial charge on any atom is 0.237 e. The van der Waals surface area contributed by atoms with Crippen molar-refractivity contribution in [2.24, 2.45) is 0 Å². The number of nitrogens with one attached hydrogen (secondary N) is 2. The number of rotatable bonds is 5. The number of methoxy groups -OCH3 is 1. The van der Waals surface area contributed by atoms with Gasteiger partial charge in [-0.1, -0.05) is 0 Å². The third kappa shape index (κ3) is 5.74. The molecular weight excluding hydrogens is 292 g/mol. The molecule has 1 saturated heterocycles. The lowest BCUT2D eigenvalue weighted by molar-refractivity contribution is -0.124. The molecule has 0 aromatic rings. The molecular formula is C15H29ClN2O3. The molecule has 2 N–H and O–H groups in total. The first-order chi connectivity index (χ1) is 9.58. The monoisotopic (exact) mass is 320 g/mol. The molecule has 1 saturated carbocycles. The first kappa shape index (κ1) is 18.7. The number of ether oxygens (including phenoxy) is 2. The van der Waals surface area contributed by atoms with E-state index in [0.29, 0.717) is 18.2 Å². The largest absolute Gasteiger partial charge is 0.380 e. The molecule has 1 amide bonds. The minimum absolute atomic E-state index is 0. The molecule has 0 radical (unpaired) electrons. The Morgan fingerprint density at radius 1 is 1.19 bits per heavy atom. The Kier molecular flexibility index (Phi) is 7.95. The summed E-state index contributed by atoms with van der Waals surface area (Å²) in [5.74, 6) is 0.123. The fourth-order valence-electron chi connectivity index (χ4n) is 3.11. The summed E-state index contributed by atoms with van der Waals surface area (Å²) in [7, 11) is 1.70. The van der Waals surface area contributed by atoms with E-state index in [4.69, 9.17) is 9.47 Å². The van der Waals surface area contributed by atoms with Crippen molar-refractivity contribution >= 4 is 18.3 Å². The Morgan fingerprint density at radius 2 is 1.86 bits per heavy atom. The maximum absolute atomic E-state index is 12.2. The summed E-state index contributed by atoms with van der Waals surface area (Å²) < 4.78 is 11.1. The highest BCUT2D eigenvalue weighted by Gasteiger charge is 2.31. The molecule has 0 bridgehead atoms. The summed E-state index contributed by atoms with van der Waals surface area (Å²) in [5.41, 5.74) is 0. The van der Waals surface area contributed by atoms with Crippen LogP contribution in [0.15, 0.2) is 0 Å². The summed E-state index contributed by atoms with van der Waals surface area (Å²) in [6, 6.07) is 0.211. The van der Waals surface area contributed by atoms with Crippen LogP contribution in [0.5, 0.6) is 0 Å². The van der Waals surface area contributed by atoms with Gasteiger partial charge in [-0.2, -0.15) is 0 Å². The number of carbonyl (C=O) groups is 1. The van der Waals surface area contributed by atoms with Crippen LogP contribution in [0.25, 0.3) is 0 Å². The lowest BCUT2D eigenvalue weighted by Gasteiger charge is -2.30. The smallest absolute Gasteiger partial charge is 0.237 e. The average molecular weight is 321 g/mol. The van der Waals surface area contributed by atoms with Crippen LogP contribution in [0.3, 0.4) is 0 Å². The molecule has 124 valence electrons. The summed E-state index contributed by atoms with van der Waals surface area (Å²) in [6.45, 7) is 4.92. The Balaban J connectivity index is 0.00000220. The predicted octanol–water partition coefficient (Wildman–Crippen LogP) is 1.64. The number of carbonyl (C=O) groups excluding carboxylic acids is 1. The van der Waals surface area contributed by atoms with E-state index in [1.165, 1.54) is 0 Å². The van der Waals surface area contributed by atoms with Crippen LogP contribution >= 0.6 is 12.4 Å². The van der Waals surface area contributed by atoms with E-state index < -0.39 is 0 Å². The van der Waals surface area contributed by atoms with E-state index >= 15 is 0 Å². The molecule has 2 aliphatic rings. The molecule has 5 nitrogen and oxygen atoms in total. The molecule has 0 spiro atoms. The lowest BCUT2D eigenvalue weighted by Crippen LogP contribution is -2.46. The third-order valence-electron chi connectivity index (χ3n) is 4.23. The fourth-order valence-corrected chi connectivity index (χ4v) is 3.11. The Labute approximate surface area is 133 Å². The molecule has 0 unspecified atom stereocenters. The SMILES string of the molecule is CO[C@@H]1CN[C@@H](C(=O)NC2CCC(OC(C)C)CC2)C1.Cl. The van der Waals surface area contributed by atoms with Gasteiger partial charge in [-0.25, -0.2) is 0 Å². The molecule has 1 aliphatic carbocycles. The van der Waals surface area contributed by atoms with Gasteiger partial charge in [0.15, 0.2) is 0 Å². The van der Waals surface area contributed by atoms with E-state index in [1.807, 2.05) is 0 Å². The van der Waals surface area contributed by atoms with Crippen molar-refractivity contribution in [3.63, 3.8) is 0 Å².